The van der Waals surface area contributed by atoms with Crippen LogP contribution in [0, 0.1) is 5.41 Å². The van der Waals surface area contributed by atoms with Crippen LogP contribution in [0.15, 0.2) is 30.3 Å². The number of rotatable bonds is 8. The third-order valence-electron chi connectivity index (χ3n) is 4.17. The molecule has 0 amide bonds. The summed E-state index contributed by atoms with van der Waals surface area (Å²) in [7, 11) is 2.04. The summed E-state index contributed by atoms with van der Waals surface area (Å²) in [4.78, 5) is 2.54. The lowest BCUT2D eigenvalue weighted by molar-refractivity contribution is 0.153. The molecule has 1 atom stereocenters. The first-order valence-corrected chi connectivity index (χ1v) is 7.82. The van der Waals surface area contributed by atoms with Crippen LogP contribution in [0.2, 0.25) is 0 Å². The third-order valence-corrected chi connectivity index (χ3v) is 4.17. The predicted octanol–water partition coefficient (Wildman–Crippen LogP) is 2.92. The molecule has 0 spiro atoms. The van der Waals surface area contributed by atoms with Gasteiger partial charge in [-0.1, -0.05) is 31.5 Å². The number of hydrogen-bond acceptors (Lipinski definition) is 3. The maximum Gasteiger partial charge on any atom is 0.0552 e. The molecule has 1 fully saturated rings. The Hall–Kier alpha value is -1.06. The zero-order chi connectivity index (χ0) is 14.3. The number of anilines is 1. The normalized spacial score (nSPS) is 22.1. The van der Waals surface area contributed by atoms with Crippen molar-refractivity contribution in [1.82, 2.24) is 5.32 Å². The zero-order valence-corrected chi connectivity index (χ0v) is 12.9. The Morgan fingerprint density at radius 3 is 2.70 bits per heavy atom. The largest absolute Gasteiger partial charge is 0.381 e. The topological polar surface area (TPSA) is 24.5 Å². The molecule has 0 saturated carbocycles. The average Bonchev–Trinajstić information content (AvgIpc) is 2.93. The van der Waals surface area contributed by atoms with Crippen molar-refractivity contribution in [2.24, 2.45) is 5.41 Å². The Labute approximate surface area is 123 Å². The molecule has 0 radical (unpaired) electrons. The second kappa shape index (κ2) is 7.65. The van der Waals surface area contributed by atoms with Gasteiger partial charge in [0.1, 0.15) is 0 Å². The maximum absolute atomic E-state index is 5.69. The first-order valence-electron chi connectivity index (χ1n) is 7.82. The molecule has 0 bridgehead atoms. The van der Waals surface area contributed by atoms with Crippen molar-refractivity contribution in [3.8, 4) is 0 Å². The Morgan fingerprint density at radius 1 is 1.30 bits per heavy atom. The Morgan fingerprint density at radius 2 is 2.10 bits per heavy atom. The molecule has 3 heteroatoms. The third kappa shape index (κ3) is 3.97. The summed E-state index contributed by atoms with van der Waals surface area (Å²) in [5.74, 6) is 0. The van der Waals surface area contributed by atoms with E-state index in [1.807, 2.05) is 7.05 Å². The van der Waals surface area contributed by atoms with Crippen LogP contribution in [-0.4, -0.2) is 39.9 Å². The summed E-state index contributed by atoms with van der Waals surface area (Å²) >= 11 is 0. The van der Waals surface area contributed by atoms with Crippen LogP contribution in [-0.2, 0) is 4.74 Å². The standard InChI is InChI=1S/C17H28N2O/c1-3-4-11-19(16-8-6-5-7-9-16)14-17(13-18-2)10-12-20-15-17/h5-9,18H,3-4,10-15H2,1-2H3. The lowest BCUT2D eigenvalue weighted by atomic mass is 9.86. The summed E-state index contributed by atoms with van der Waals surface area (Å²) in [6.45, 7) is 7.28. The minimum absolute atomic E-state index is 0.262. The zero-order valence-electron chi connectivity index (χ0n) is 12.9. The van der Waals surface area contributed by atoms with Gasteiger partial charge in [-0.05, 0) is 32.0 Å². The number of nitrogens with one attached hydrogen (secondary N) is 1. The molecule has 0 aromatic heterocycles. The van der Waals surface area contributed by atoms with Crippen molar-refractivity contribution in [2.75, 3.05) is 44.8 Å². The number of nitrogens with zero attached hydrogens (tertiary/aromatic N) is 1. The van der Waals surface area contributed by atoms with Crippen molar-refractivity contribution in [1.29, 1.82) is 0 Å². The van der Waals surface area contributed by atoms with Crippen molar-refractivity contribution < 1.29 is 4.74 Å². The SMILES string of the molecule is CCCCN(CC1(CNC)CCOC1)c1ccccc1. The van der Waals surface area contributed by atoms with E-state index in [9.17, 15) is 0 Å². The number of para-hydroxylation sites is 1. The first-order chi connectivity index (χ1) is 9.79. The van der Waals surface area contributed by atoms with Gasteiger partial charge in [0.05, 0.1) is 6.61 Å². The molecule has 1 saturated heterocycles. The molecule has 1 aromatic carbocycles. The van der Waals surface area contributed by atoms with Gasteiger partial charge in [-0.15, -0.1) is 0 Å². The van der Waals surface area contributed by atoms with Gasteiger partial charge in [-0.3, -0.25) is 0 Å². The van der Waals surface area contributed by atoms with E-state index >= 15 is 0 Å². The molecule has 1 aliphatic heterocycles. The molecule has 20 heavy (non-hydrogen) atoms. The first kappa shape index (κ1) is 15.3. The molecule has 2 rings (SSSR count). The van der Waals surface area contributed by atoms with Gasteiger partial charge < -0.3 is 15.0 Å². The Balaban J connectivity index is 2.10. The van der Waals surface area contributed by atoms with Crippen LogP contribution in [0.25, 0.3) is 0 Å². The molecule has 1 N–H and O–H groups in total. The van der Waals surface area contributed by atoms with E-state index in [0.29, 0.717) is 0 Å². The van der Waals surface area contributed by atoms with Gasteiger partial charge in [0, 0.05) is 37.3 Å². The van der Waals surface area contributed by atoms with E-state index in [0.717, 1.165) is 39.3 Å². The van der Waals surface area contributed by atoms with Gasteiger partial charge >= 0.3 is 0 Å². The van der Waals surface area contributed by atoms with E-state index in [1.54, 1.807) is 0 Å². The van der Waals surface area contributed by atoms with E-state index in [-0.39, 0.29) is 5.41 Å². The fourth-order valence-electron chi connectivity index (χ4n) is 3.04. The van der Waals surface area contributed by atoms with E-state index in [2.05, 4.69) is 47.5 Å². The summed E-state index contributed by atoms with van der Waals surface area (Å²) in [5, 5.41) is 3.36. The monoisotopic (exact) mass is 276 g/mol. The number of benzene rings is 1. The minimum atomic E-state index is 0.262. The van der Waals surface area contributed by atoms with E-state index in [1.165, 1.54) is 18.5 Å². The second-order valence-corrected chi connectivity index (χ2v) is 5.94. The molecule has 1 aliphatic rings. The quantitative estimate of drug-likeness (QED) is 0.790. The van der Waals surface area contributed by atoms with Gasteiger partial charge in [-0.25, -0.2) is 0 Å². The summed E-state index contributed by atoms with van der Waals surface area (Å²) in [5.41, 5.74) is 1.60. The minimum Gasteiger partial charge on any atom is -0.381 e. The van der Waals surface area contributed by atoms with Crippen molar-refractivity contribution in [3.63, 3.8) is 0 Å². The highest BCUT2D eigenvalue weighted by Gasteiger charge is 2.36. The van der Waals surface area contributed by atoms with Gasteiger partial charge in [0.2, 0.25) is 0 Å². The number of ether oxygens (including phenoxy) is 1. The Kier molecular flexibility index (Phi) is 5.86. The summed E-state index contributed by atoms with van der Waals surface area (Å²) in [6.07, 6.45) is 3.63. The van der Waals surface area contributed by atoms with E-state index < -0.39 is 0 Å². The molecule has 112 valence electrons. The second-order valence-electron chi connectivity index (χ2n) is 5.94. The van der Waals surface area contributed by atoms with Crippen LogP contribution in [0.4, 0.5) is 5.69 Å². The lowest BCUT2D eigenvalue weighted by Crippen LogP contribution is -2.44. The van der Waals surface area contributed by atoms with E-state index in [4.69, 9.17) is 4.74 Å². The highest BCUT2D eigenvalue weighted by atomic mass is 16.5. The molecule has 1 unspecified atom stereocenters. The fourth-order valence-corrected chi connectivity index (χ4v) is 3.04. The van der Waals surface area contributed by atoms with Crippen LogP contribution in [0.1, 0.15) is 26.2 Å². The fraction of sp³-hybridized carbons (Fsp3) is 0.647. The van der Waals surface area contributed by atoms with Gasteiger partial charge in [-0.2, -0.15) is 0 Å². The molecular weight excluding hydrogens is 248 g/mol. The molecular formula is C17H28N2O. The predicted molar refractivity (Wildman–Crippen MR) is 85.4 cm³/mol. The highest BCUT2D eigenvalue weighted by Crippen LogP contribution is 2.31. The molecule has 1 heterocycles. The van der Waals surface area contributed by atoms with Crippen molar-refractivity contribution in [2.45, 2.75) is 26.2 Å². The maximum atomic E-state index is 5.69. The molecule has 3 nitrogen and oxygen atoms in total. The van der Waals surface area contributed by atoms with Crippen LogP contribution in [0.5, 0.6) is 0 Å². The molecule has 0 aliphatic carbocycles. The van der Waals surface area contributed by atoms with Crippen molar-refractivity contribution in [3.05, 3.63) is 30.3 Å². The Bertz CT molecular complexity index is 374. The number of unbranched alkanes of at least 4 members (excludes halogenated alkanes) is 1. The van der Waals surface area contributed by atoms with Gasteiger partial charge in [0.15, 0.2) is 0 Å². The van der Waals surface area contributed by atoms with Crippen LogP contribution < -0.4 is 10.2 Å². The summed E-state index contributed by atoms with van der Waals surface area (Å²) in [6, 6.07) is 10.8. The van der Waals surface area contributed by atoms with Crippen molar-refractivity contribution >= 4 is 5.69 Å². The average molecular weight is 276 g/mol. The van der Waals surface area contributed by atoms with Gasteiger partial charge in [0.25, 0.3) is 0 Å². The van der Waals surface area contributed by atoms with Crippen LogP contribution >= 0.6 is 0 Å². The highest BCUT2D eigenvalue weighted by molar-refractivity contribution is 5.46. The summed E-state index contributed by atoms with van der Waals surface area (Å²) < 4.78 is 5.69. The smallest absolute Gasteiger partial charge is 0.0552 e. The lowest BCUT2D eigenvalue weighted by Gasteiger charge is -2.35. The number of hydrogen-bond donors (Lipinski definition) is 1. The molecule has 1 aromatic rings. The van der Waals surface area contributed by atoms with Crippen LogP contribution in [0.3, 0.4) is 0 Å².